The monoisotopic (exact) mass is 240 g/mol. The Hall–Kier alpha value is -2.11. The van der Waals surface area contributed by atoms with E-state index in [0.29, 0.717) is 5.69 Å². The van der Waals surface area contributed by atoms with Crippen molar-refractivity contribution in [2.45, 2.75) is 19.4 Å². The van der Waals surface area contributed by atoms with E-state index in [9.17, 15) is 14.0 Å². The van der Waals surface area contributed by atoms with Gasteiger partial charge in [-0.05, 0) is 30.7 Å². The third-order valence-electron chi connectivity index (χ3n) is 2.11. The van der Waals surface area contributed by atoms with Crippen molar-refractivity contribution in [3.8, 4) is 0 Å². The summed E-state index contributed by atoms with van der Waals surface area (Å²) in [5.41, 5.74) is 0.393. The van der Waals surface area contributed by atoms with E-state index in [-0.39, 0.29) is 6.42 Å². The van der Waals surface area contributed by atoms with E-state index in [1.165, 1.54) is 24.3 Å². The van der Waals surface area contributed by atoms with Crippen molar-refractivity contribution < 1.29 is 19.1 Å². The smallest absolute Gasteiger partial charge is 0.326 e. The van der Waals surface area contributed by atoms with Gasteiger partial charge in [0.2, 0.25) is 0 Å². The number of carboxylic acid groups (broad SMARTS) is 1. The van der Waals surface area contributed by atoms with Crippen LogP contribution in [-0.2, 0) is 4.79 Å². The number of hydrogen-bond donors (Lipinski definition) is 3. The third kappa shape index (κ3) is 4.10. The number of rotatable bonds is 4. The average Bonchev–Trinajstić information content (AvgIpc) is 2.28. The Labute approximate surface area is 97.6 Å². The second-order valence-corrected chi connectivity index (χ2v) is 3.40. The fourth-order valence-corrected chi connectivity index (χ4v) is 1.20. The second-order valence-electron chi connectivity index (χ2n) is 3.40. The van der Waals surface area contributed by atoms with Gasteiger partial charge in [0, 0.05) is 5.69 Å². The van der Waals surface area contributed by atoms with Gasteiger partial charge in [-0.1, -0.05) is 6.92 Å². The molecule has 0 saturated heterocycles. The number of carbonyl (C=O) groups is 2. The lowest BCUT2D eigenvalue weighted by molar-refractivity contribution is -0.139. The summed E-state index contributed by atoms with van der Waals surface area (Å²) in [6.45, 7) is 1.65. The molecule has 1 aromatic rings. The number of benzene rings is 1. The highest BCUT2D eigenvalue weighted by molar-refractivity contribution is 5.92. The van der Waals surface area contributed by atoms with Gasteiger partial charge in [-0.15, -0.1) is 0 Å². The van der Waals surface area contributed by atoms with Crippen molar-refractivity contribution in [2.75, 3.05) is 5.32 Å². The molecule has 0 aliphatic carbocycles. The van der Waals surface area contributed by atoms with Crippen LogP contribution in [0.4, 0.5) is 14.9 Å². The van der Waals surface area contributed by atoms with Gasteiger partial charge in [0.1, 0.15) is 11.9 Å². The molecular weight excluding hydrogens is 227 g/mol. The summed E-state index contributed by atoms with van der Waals surface area (Å²) < 4.78 is 12.6. The number of aliphatic carboxylic acids is 1. The average molecular weight is 240 g/mol. The topological polar surface area (TPSA) is 78.4 Å². The molecule has 0 aromatic heterocycles. The van der Waals surface area contributed by atoms with Crippen LogP contribution < -0.4 is 10.6 Å². The zero-order valence-electron chi connectivity index (χ0n) is 9.24. The Bertz CT molecular complexity index is 406. The second kappa shape index (κ2) is 5.83. The molecule has 0 aliphatic heterocycles. The van der Waals surface area contributed by atoms with E-state index < -0.39 is 23.9 Å². The molecule has 1 aromatic carbocycles. The highest BCUT2D eigenvalue weighted by atomic mass is 19.1. The van der Waals surface area contributed by atoms with E-state index >= 15 is 0 Å². The van der Waals surface area contributed by atoms with E-state index in [4.69, 9.17) is 5.11 Å². The van der Waals surface area contributed by atoms with Crippen molar-refractivity contribution in [2.24, 2.45) is 0 Å². The van der Waals surface area contributed by atoms with Crippen LogP contribution in [0.25, 0.3) is 0 Å². The molecule has 92 valence electrons. The summed E-state index contributed by atoms with van der Waals surface area (Å²) in [6, 6.07) is 3.60. The summed E-state index contributed by atoms with van der Waals surface area (Å²) in [6.07, 6.45) is 0.284. The zero-order chi connectivity index (χ0) is 12.8. The number of halogens is 1. The molecule has 6 heteroatoms. The van der Waals surface area contributed by atoms with Crippen molar-refractivity contribution in [3.63, 3.8) is 0 Å². The van der Waals surface area contributed by atoms with Crippen molar-refractivity contribution >= 4 is 17.7 Å². The lowest BCUT2D eigenvalue weighted by atomic mass is 10.2. The summed E-state index contributed by atoms with van der Waals surface area (Å²) in [5.74, 6) is -1.50. The molecule has 1 rings (SSSR count). The molecule has 0 spiro atoms. The van der Waals surface area contributed by atoms with Gasteiger partial charge in [-0.25, -0.2) is 14.0 Å². The van der Waals surface area contributed by atoms with Gasteiger partial charge in [0.15, 0.2) is 0 Å². The normalized spacial score (nSPS) is 11.6. The Morgan fingerprint density at radius 1 is 1.35 bits per heavy atom. The maximum Gasteiger partial charge on any atom is 0.326 e. The molecule has 0 heterocycles. The van der Waals surface area contributed by atoms with Crippen LogP contribution in [0.1, 0.15) is 13.3 Å². The van der Waals surface area contributed by atoms with E-state index in [0.717, 1.165) is 0 Å². The minimum Gasteiger partial charge on any atom is -0.480 e. The van der Waals surface area contributed by atoms with Gasteiger partial charge in [-0.3, -0.25) is 0 Å². The number of anilines is 1. The third-order valence-corrected chi connectivity index (χ3v) is 2.11. The van der Waals surface area contributed by atoms with Crippen LogP contribution in [0.15, 0.2) is 24.3 Å². The summed E-state index contributed by atoms with van der Waals surface area (Å²) in [5, 5.41) is 13.4. The molecule has 17 heavy (non-hydrogen) atoms. The quantitative estimate of drug-likeness (QED) is 0.751. The lowest BCUT2D eigenvalue weighted by Gasteiger charge is -2.13. The molecule has 3 N–H and O–H groups in total. The maximum atomic E-state index is 12.6. The Balaban J connectivity index is 2.54. The molecular formula is C11H13FN2O3. The van der Waals surface area contributed by atoms with E-state index in [1.807, 2.05) is 0 Å². The van der Waals surface area contributed by atoms with Crippen LogP contribution >= 0.6 is 0 Å². The Morgan fingerprint density at radius 3 is 2.41 bits per heavy atom. The SMILES string of the molecule is CCC(NC(=O)Nc1ccc(F)cc1)C(=O)O. The van der Waals surface area contributed by atoms with E-state index in [2.05, 4.69) is 10.6 Å². The first-order chi connectivity index (χ1) is 8.02. The van der Waals surface area contributed by atoms with Crippen LogP contribution in [-0.4, -0.2) is 23.1 Å². The standard InChI is InChI=1S/C11H13FN2O3/c1-2-9(10(15)16)14-11(17)13-8-5-3-7(12)4-6-8/h3-6,9H,2H2,1H3,(H,15,16)(H2,13,14,17). The maximum absolute atomic E-state index is 12.6. The highest BCUT2D eigenvalue weighted by Crippen LogP contribution is 2.07. The number of urea groups is 1. The number of amides is 2. The summed E-state index contributed by atoms with van der Waals surface area (Å²) in [4.78, 5) is 22.1. The van der Waals surface area contributed by atoms with Crippen molar-refractivity contribution in [1.29, 1.82) is 0 Å². The number of hydrogen-bond acceptors (Lipinski definition) is 2. The fourth-order valence-electron chi connectivity index (χ4n) is 1.20. The fraction of sp³-hybridized carbons (Fsp3) is 0.273. The highest BCUT2D eigenvalue weighted by Gasteiger charge is 2.17. The Morgan fingerprint density at radius 2 is 1.94 bits per heavy atom. The first-order valence-corrected chi connectivity index (χ1v) is 5.08. The summed E-state index contributed by atoms with van der Waals surface area (Å²) in [7, 11) is 0. The first-order valence-electron chi connectivity index (χ1n) is 5.08. The van der Waals surface area contributed by atoms with Crippen LogP contribution in [0.3, 0.4) is 0 Å². The van der Waals surface area contributed by atoms with Gasteiger partial charge in [-0.2, -0.15) is 0 Å². The van der Waals surface area contributed by atoms with Gasteiger partial charge in [0.05, 0.1) is 0 Å². The molecule has 0 saturated carbocycles. The van der Waals surface area contributed by atoms with Crippen LogP contribution in [0.2, 0.25) is 0 Å². The van der Waals surface area contributed by atoms with Crippen molar-refractivity contribution in [3.05, 3.63) is 30.1 Å². The predicted octanol–water partition coefficient (Wildman–Crippen LogP) is 1.81. The molecule has 0 aliphatic rings. The molecule has 5 nitrogen and oxygen atoms in total. The Kier molecular flexibility index (Phi) is 4.45. The number of carbonyl (C=O) groups excluding carboxylic acids is 1. The van der Waals surface area contributed by atoms with Gasteiger partial charge < -0.3 is 15.7 Å². The molecule has 1 unspecified atom stereocenters. The molecule has 1 atom stereocenters. The van der Waals surface area contributed by atoms with Crippen LogP contribution in [0.5, 0.6) is 0 Å². The van der Waals surface area contributed by atoms with Crippen LogP contribution in [0, 0.1) is 5.82 Å². The van der Waals surface area contributed by atoms with Gasteiger partial charge >= 0.3 is 12.0 Å². The van der Waals surface area contributed by atoms with E-state index in [1.54, 1.807) is 6.92 Å². The zero-order valence-corrected chi connectivity index (χ0v) is 9.24. The molecule has 0 fully saturated rings. The molecule has 0 bridgehead atoms. The minimum absolute atomic E-state index is 0.284. The first kappa shape index (κ1) is 13.0. The minimum atomic E-state index is -1.10. The largest absolute Gasteiger partial charge is 0.480 e. The number of nitrogens with one attached hydrogen (secondary N) is 2. The molecule has 2 amide bonds. The lowest BCUT2D eigenvalue weighted by Crippen LogP contribution is -2.42. The summed E-state index contributed by atoms with van der Waals surface area (Å²) >= 11 is 0. The van der Waals surface area contributed by atoms with Gasteiger partial charge in [0.25, 0.3) is 0 Å². The predicted molar refractivity (Wildman–Crippen MR) is 60.3 cm³/mol. The number of carboxylic acids is 1. The molecule has 0 radical (unpaired) electrons. The van der Waals surface area contributed by atoms with Crippen molar-refractivity contribution in [1.82, 2.24) is 5.32 Å².